The van der Waals surface area contributed by atoms with Crippen LogP contribution < -0.4 is 10.0 Å². The van der Waals surface area contributed by atoms with Gasteiger partial charge in [-0.05, 0) is 30.8 Å². The fourth-order valence-corrected chi connectivity index (χ4v) is 3.77. The number of morpholine rings is 1. The van der Waals surface area contributed by atoms with E-state index in [0.717, 1.165) is 6.54 Å². The molecule has 0 aliphatic carbocycles. The summed E-state index contributed by atoms with van der Waals surface area (Å²) in [7, 11) is -1.62. The largest absolute Gasteiger partial charge is 0.374 e. The van der Waals surface area contributed by atoms with E-state index in [1.165, 1.54) is 6.07 Å². The number of benzene rings is 1. The molecule has 1 amide bonds. The number of nitrogens with zero attached hydrogens (tertiary/aromatic N) is 1. The third-order valence-corrected chi connectivity index (χ3v) is 5.28. The average Bonchev–Trinajstić information content (AvgIpc) is 2.84. The maximum Gasteiger partial charge on any atom is 0.240 e. The second-order valence-corrected chi connectivity index (χ2v) is 7.42. The van der Waals surface area contributed by atoms with Crippen molar-refractivity contribution < 1.29 is 17.9 Å². The molecule has 0 radical (unpaired) electrons. The Morgan fingerprint density at radius 1 is 1.45 bits per heavy atom. The average molecular weight is 325 g/mol. The summed E-state index contributed by atoms with van der Waals surface area (Å²) in [6.07, 6.45) is 0.0704. The Bertz CT molecular complexity index is 689. The van der Waals surface area contributed by atoms with Crippen LogP contribution >= 0.6 is 0 Å². The summed E-state index contributed by atoms with van der Waals surface area (Å²) in [5.41, 5.74) is 1.39. The minimum atomic E-state index is -3.60. The smallest absolute Gasteiger partial charge is 0.240 e. The zero-order chi connectivity index (χ0) is 15.7. The summed E-state index contributed by atoms with van der Waals surface area (Å²) < 4.78 is 32.8. The first-order valence-electron chi connectivity index (χ1n) is 7.16. The molecule has 120 valence electrons. The molecule has 0 bridgehead atoms. The molecule has 2 N–H and O–H groups in total. The van der Waals surface area contributed by atoms with Crippen molar-refractivity contribution in [1.82, 2.24) is 9.62 Å². The monoisotopic (exact) mass is 325 g/mol. The van der Waals surface area contributed by atoms with Gasteiger partial charge in [-0.25, -0.2) is 13.1 Å². The van der Waals surface area contributed by atoms with Crippen LogP contribution in [0.4, 0.5) is 5.69 Å². The van der Waals surface area contributed by atoms with Gasteiger partial charge in [0, 0.05) is 25.3 Å². The van der Waals surface area contributed by atoms with Crippen molar-refractivity contribution in [3.05, 3.63) is 23.8 Å². The summed E-state index contributed by atoms with van der Waals surface area (Å²) in [4.78, 5) is 13.6. The van der Waals surface area contributed by atoms with Crippen molar-refractivity contribution >= 4 is 21.6 Å². The molecular formula is C14H19N3O4S. The molecule has 2 aliphatic rings. The van der Waals surface area contributed by atoms with E-state index in [4.69, 9.17) is 4.74 Å². The van der Waals surface area contributed by atoms with E-state index in [9.17, 15) is 13.2 Å². The van der Waals surface area contributed by atoms with E-state index in [1.54, 1.807) is 12.1 Å². The first-order valence-corrected chi connectivity index (χ1v) is 8.65. The van der Waals surface area contributed by atoms with Gasteiger partial charge in [0.1, 0.15) is 0 Å². The molecule has 1 atom stereocenters. The SMILES string of the molecule is CN1CCOC(CNS(=O)(=O)c2ccc3c(c2)CC(=O)N3)C1. The molecule has 0 aromatic heterocycles. The molecule has 0 saturated carbocycles. The lowest BCUT2D eigenvalue weighted by Crippen LogP contribution is -2.45. The topological polar surface area (TPSA) is 87.7 Å². The van der Waals surface area contributed by atoms with Crippen molar-refractivity contribution in [2.24, 2.45) is 0 Å². The van der Waals surface area contributed by atoms with E-state index in [2.05, 4.69) is 14.9 Å². The Kier molecular flexibility index (Phi) is 4.18. The van der Waals surface area contributed by atoms with Gasteiger partial charge in [-0.2, -0.15) is 0 Å². The molecule has 1 saturated heterocycles. The molecule has 22 heavy (non-hydrogen) atoms. The third kappa shape index (κ3) is 3.30. The lowest BCUT2D eigenvalue weighted by molar-refractivity contribution is -0.115. The van der Waals surface area contributed by atoms with Crippen LogP contribution in [0, 0.1) is 0 Å². The number of sulfonamides is 1. The number of amides is 1. The van der Waals surface area contributed by atoms with Gasteiger partial charge in [-0.15, -0.1) is 0 Å². The van der Waals surface area contributed by atoms with Gasteiger partial charge < -0.3 is 15.0 Å². The Hall–Kier alpha value is -1.48. The molecule has 1 aromatic rings. The van der Waals surface area contributed by atoms with Crippen LogP contribution in [-0.2, 0) is 26.0 Å². The first-order chi connectivity index (χ1) is 10.4. The van der Waals surface area contributed by atoms with Crippen molar-refractivity contribution in [3.8, 4) is 0 Å². The van der Waals surface area contributed by atoms with Crippen molar-refractivity contribution in [1.29, 1.82) is 0 Å². The molecule has 1 fully saturated rings. The zero-order valence-electron chi connectivity index (χ0n) is 12.3. The Morgan fingerprint density at radius 3 is 3.05 bits per heavy atom. The number of ether oxygens (including phenoxy) is 1. The quantitative estimate of drug-likeness (QED) is 0.800. The minimum Gasteiger partial charge on any atom is -0.374 e. The highest BCUT2D eigenvalue weighted by Crippen LogP contribution is 2.25. The van der Waals surface area contributed by atoms with Crippen molar-refractivity contribution in [2.75, 3.05) is 38.6 Å². The first kappa shape index (κ1) is 15.4. The normalized spacial score (nSPS) is 22.4. The highest BCUT2D eigenvalue weighted by molar-refractivity contribution is 7.89. The third-order valence-electron chi connectivity index (χ3n) is 3.85. The van der Waals surface area contributed by atoms with E-state index in [0.29, 0.717) is 24.4 Å². The fraction of sp³-hybridized carbons (Fsp3) is 0.500. The summed E-state index contributed by atoms with van der Waals surface area (Å²) in [5, 5.41) is 2.68. The summed E-state index contributed by atoms with van der Waals surface area (Å²) in [6, 6.07) is 4.67. The number of hydrogen-bond donors (Lipinski definition) is 2. The van der Waals surface area contributed by atoms with E-state index in [-0.39, 0.29) is 29.9 Å². The lowest BCUT2D eigenvalue weighted by atomic mass is 10.2. The van der Waals surface area contributed by atoms with Gasteiger partial charge in [0.05, 0.1) is 24.0 Å². The summed E-state index contributed by atoms with van der Waals surface area (Å²) in [5.74, 6) is -0.115. The molecular weight excluding hydrogens is 306 g/mol. The number of likely N-dealkylation sites (N-methyl/N-ethyl adjacent to an activating group) is 1. The van der Waals surface area contributed by atoms with Crippen LogP contribution in [0.2, 0.25) is 0 Å². The molecule has 2 aliphatic heterocycles. The second-order valence-electron chi connectivity index (χ2n) is 5.65. The summed E-state index contributed by atoms with van der Waals surface area (Å²) >= 11 is 0. The Balaban J connectivity index is 1.68. The van der Waals surface area contributed by atoms with Crippen LogP contribution in [0.25, 0.3) is 0 Å². The minimum absolute atomic E-state index is 0.115. The number of rotatable bonds is 4. The number of carbonyl (C=O) groups excluding carboxylic acids is 1. The Labute approximate surface area is 129 Å². The second kappa shape index (κ2) is 5.96. The van der Waals surface area contributed by atoms with Gasteiger partial charge in [-0.3, -0.25) is 4.79 Å². The highest BCUT2D eigenvalue weighted by atomic mass is 32.2. The van der Waals surface area contributed by atoms with Gasteiger partial charge >= 0.3 is 0 Å². The van der Waals surface area contributed by atoms with Crippen LogP contribution in [0.15, 0.2) is 23.1 Å². The number of hydrogen-bond acceptors (Lipinski definition) is 5. The molecule has 8 heteroatoms. The Morgan fingerprint density at radius 2 is 2.27 bits per heavy atom. The number of fused-ring (bicyclic) bond motifs is 1. The maximum atomic E-state index is 12.4. The predicted octanol–water partition coefficient (Wildman–Crippen LogP) is -0.210. The van der Waals surface area contributed by atoms with E-state index >= 15 is 0 Å². The van der Waals surface area contributed by atoms with Gasteiger partial charge in [0.15, 0.2) is 0 Å². The van der Waals surface area contributed by atoms with E-state index in [1.807, 2.05) is 7.05 Å². The molecule has 2 heterocycles. The fourth-order valence-electron chi connectivity index (χ4n) is 2.65. The van der Waals surface area contributed by atoms with Crippen molar-refractivity contribution in [2.45, 2.75) is 17.4 Å². The summed E-state index contributed by atoms with van der Waals surface area (Å²) in [6.45, 7) is 2.40. The molecule has 3 rings (SSSR count). The standard InChI is InChI=1S/C14H19N3O4S/c1-17-4-5-21-11(9-17)8-15-22(19,20)12-2-3-13-10(6-12)7-14(18)16-13/h2-3,6,11,15H,4-5,7-9H2,1H3,(H,16,18). The number of nitrogens with one attached hydrogen (secondary N) is 2. The molecule has 1 unspecified atom stereocenters. The zero-order valence-corrected chi connectivity index (χ0v) is 13.1. The van der Waals surface area contributed by atoms with Gasteiger partial charge in [0.2, 0.25) is 15.9 Å². The van der Waals surface area contributed by atoms with E-state index < -0.39 is 10.0 Å². The lowest BCUT2D eigenvalue weighted by Gasteiger charge is -2.30. The number of anilines is 1. The van der Waals surface area contributed by atoms with Crippen LogP contribution in [-0.4, -0.2) is 58.6 Å². The molecule has 1 aromatic carbocycles. The van der Waals surface area contributed by atoms with Gasteiger partial charge in [0.25, 0.3) is 0 Å². The highest BCUT2D eigenvalue weighted by Gasteiger charge is 2.24. The van der Waals surface area contributed by atoms with Crippen molar-refractivity contribution in [3.63, 3.8) is 0 Å². The van der Waals surface area contributed by atoms with Crippen LogP contribution in [0.1, 0.15) is 5.56 Å². The predicted molar refractivity (Wildman–Crippen MR) is 81.2 cm³/mol. The van der Waals surface area contributed by atoms with Gasteiger partial charge in [-0.1, -0.05) is 0 Å². The number of carbonyl (C=O) groups is 1. The van der Waals surface area contributed by atoms with Crippen LogP contribution in [0.3, 0.4) is 0 Å². The molecule has 0 spiro atoms. The molecule has 7 nitrogen and oxygen atoms in total. The maximum absolute atomic E-state index is 12.4. The van der Waals surface area contributed by atoms with Crippen LogP contribution in [0.5, 0.6) is 0 Å².